The van der Waals surface area contributed by atoms with Gasteiger partial charge < -0.3 is 5.32 Å². The second kappa shape index (κ2) is 4.85. The molecule has 0 unspecified atom stereocenters. The molecule has 3 aromatic rings. The van der Waals surface area contributed by atoms with Crippen LogP contribution in [0.2, 0.25) is 0 Å². The lowest BCUT2D eigenvalue weighted by Crippen LogP contribution is -2.14. The summed E-state index contributed by atoms with van der Waals surface area (Å²) in [6, 6.07) is 7.76. The normalized spacial score (nSPS) is 10.8. The number of rotatable bonds is 3. The van der Waals surface area contributed by atoms with Crippen LogP contribution in [0.15, 0.2) is 42.0 Å². The van der Waals surface area contributed by atoms with Crippen LogP contribution < -0.4 is 5.32 Å². The zero-order valence-electron chi connectivity index (χ0n) is 10.5. The van der Waals surface area contributed by atoms with Crippen LogP contribution >= 0.6 is 11.3 Å². The van der Waals surface area contributed by atoms with Crippen LogP contribution in [0.3, 0.4) is 0 Å². The third-order valence-corrected chi connectivity index (χ3v) is 3.56. The Morgan fingerprint density at radius 2 is 2.37 bits per heavy atom. The fraction of sp³-hybridized carbons (Fsp3) is 0.143. The Hall–Kier alpha value is -2.14. The molecule has 0 aliphatic heterocycles. The van der Waals surface area contributed by atoms with Crippen LogP contribution in [-0.4, -0.2) is 15.3 Å². The molecule has 2 aromatic heterocycles. The number of hydrogen-bond acceptors (Lipinski definition) is 3. The molecule has 0 saturated carbocycles. The molecule has 19 heavy (non-hydrogen) atoms. The maximum absolute atomic E-state index is 11.9. The van der Waals surface area contributed by atoms with Gasteiger partial charge >= 0.3 is 0 Å². The molecule has 1 aromatic carbocycles. The smallest absolute Gasteiger partial charge is 0.230 e. The Bertz CT molecular complexity index is 700. The van der Waals surface area contributed by atoms with Gasteiger partial charge in [0.25, 0.3) is 0 Å². The molecule has 96 valence electrons. The monoisotopic (exact) mass is 271 g/mol. The highest BCUT2D eigenvalue weighted by Crippen LogP contribution is 2.13. The van der Waals surface area contributed by atoms with Gasteiger partial charge in [0.15, 0.2) is 4.96 Å². The number of benzene rings is 1. The molecule has 0 spiro atoms. The average Bonchev–Trinajstić information content (AvgIpc) is 2.89. The van der Waals surface area contributed by atoms with Gasteiger partial charge in [-0.05, 0) is 24.6 Å². The highest BCUT2D eigenvalue weighted by Gasteiger charge is 2.08. The Morgan fingerprint density at radius 1 is 1.47 bits per heavy atom. The number of nitrogens with zero attached hydrogens (tertiary/aromatic N) is 2. The van der Waals surface area contributed by atoms with Crippen molar-refractivity contribution in [2.45, 2.75) is 13.3 Å². The van der Waals surface area contributed by atoms with Crippen LogP contribution in [-0.2, 0) is 11.2 Å². The molecule has 1 N–H and O–H groups in total. The number of fused-ring (bicyclic) bond motifs is 1. The number of carbonyl (C=O) groups is 1. The minimum atomic E-state index is -0.0450. The summed E-state index contributed by atoms with van der Waals surface area (Å²) in [5.74, 6) is -0.0450. The van der Waals surface area contributed by atoms with Crippen LogP contribution in [0.1, 0.15) is 11.3 Å². The van der Waals surface area contributed by atoms with Gasteiger partial charge in [0, 0.05) is 23.5 Å². The Balaban J connectivity index is 1.69. The van der Waals surface area contributed by atoms with E-state index in [4.69, 9.17) is 0 Å². The highest BCUT2D eigenvalue weighted by atomic mass is 32.1. The molecule has 1 amide bonds. The molecular formula is C14H13N3OS. The van der Waals surface area contributed by atoms with Gasteiger partial charge in [0.1, 0.15) is 0 Å². The van der Waals surface area contributed by atoms with E-state index in [0.29, 0.717) is 6.42 Å². The molecule has 0 bridgehead atoms. The first kappa shape index (κ1) is 11.9. The van der Waals surface area contributed by atoms with Crippen LogP contribution in [0.25, 0.3) is 4.96 Å². The first-order chi connectivity index (χ1) is 9.20. The molecule has 0 aliphatic carbocycles. The number of thiazole rings is 1. The lowest BCUT2D eigenvalue weighted by molar-refractivity contribution is -0.115. The topological polar surface area (TPSA) is 46.4 Å². The van der Waals surface area contributed by atoms with Crippen molar-refractivity contribution in [3.8, 4) is 0 Å². The molecular weight excluding hydrogens is 258 g/mol. The third-order valence-electron chi connectivity index (χ3n) is 2.79. The molecule has 2 heterocycles. The van der Waals surface area contributed by atoms with Crippen LogP contribution in [0.4, 0.5) is 5.69 Å². The minimum absolute atomic E-state index is 0.0450. The zero-order valence-corrected chi connectivity index (χ0v) is 11.3. The van der Waals surface area contributed by atoms with Crippen molar-refractivity contribution >= 4 is 27.9 Å². The highest BCUT2D eigenvalue weighted by molar-refractivity contribution is 7.15. The Kier molecular flexibility index (Phi) is 3.05. The SMILES string of the molecule is Cc1cccc(NC(=O)Cc2cn3ccsc3n2)c1. The quantitative estimate of drug-likeness (QED) is 0.796. The second-order valence-electron chi connectivity index (χ2n) is 4.42. The van der Waals surface area contributed by atoms with Crippen molar-refractivity contribution < 1.29 is 4.79 Å². The first-order valence-electron chi connectivity index (χ1n) is 5.98. The molecule has 0 radical (unpaired) electrons. The minimum Gasteiger partial charge on any atom is -0.326 e. The van der Waals surface area contributed by atoms with Crippen molar-refractivity contribution in [1.29, 1.82) is 0 Å². The van der Waals surface area contributed by atoms with E-state index in [2.05, 4.69) is 10.3 Å². The molecule has 0 saturated heterocycles. The van der Waals surface area contributed by atoms with Gasteiger partial charge in [-0.3, -0.25) is 9.20 Å². The van der Waals surface area contributed by atoms with Gasteiger partial charge in [0.05, 0.1) is 12.1 Å². The van der Waals surface area contributed by atoms with Crippen molar-refractivity contribution in [2.75, 3.05) is 5.32 Å². The van der Waals surface area contributed by atoms with Gasteiger partial charge in [-0.25, -0.2) is 4.98 Å². The lowest BCUT2D eigenvalue weighted by Gasteiger charge is -2.04. The summed E-state index contributed by atoms with van der Waals surface area (Å²) in [6.07, 6.45) is 4.12. The largest absolute Gasteiger partial charge is 0.326 e. The van der Waals surface area contributed by atoms with E-state index < -0.39 is 0 Å². The van der Waals surface area contributed by atoms with E-state index in [1.807, 2.05) is 53.4 Å². The first-order valence-corrected chi connectivity index (χ1v) is 6.86. The van der Waals surface area contributed by atoms with Gasteiger partial charge in [-0.15, -0.1) is 11.3 Å². The second-order valence-corrected chi connectivity index (χ2v) is 5.29. The lowest BCUT2D eigenvalue weighted by atomic mass is 10.2. The van der Waals surface area contributed by atoms with Crippen molar-refractivity contribution in [2.24, 2.45) is 0 Å². The van der Waals surface area contributed by atoms with Crippen molar-refractivity contribution in [3.05, 3.63) is 53.3 Å². The van der Waals surface area contributed by atoms with E-state index in [0.717, 1.165) is 21.9 Å². The zero-order chi connectivity index (χ0) is 13.2. The van der Waals surface area contributed by atoms with Crippen LogP contribution in [0.5, 0.6) is 0 Å². The number of aryl methyl sites for hydroxylation is 1. The Morgan fingerprint density at radius 3 is 3.16 bits per heavy atom. The maximum Gasteiger partial charge on any atom is 0.230 e. The molecule has 3 rings (SSSR count). The number of aromatic nitrogens is 2. The van der Waals surface area contributed by atoms with Crippen molar-refractivity contribution in [3.63, 3.8) is 0 Å². The molecule has 0 atom stereocenters. The molecule has 0 aliphatic rings. The number of imidazole rings is 1. The number of nitrogens with one attached hydrogen (secondary N) is 1. The fourth-order valence-corrected chi connectivity index (χ4v) is 2.67. The van der Waals surface area contributed by atoms with E-state index >= 15 is 0 Å². The molecule has 0 fully saturated rings. The number of carbonyl (C=O) groups excluding carboxylic acids is 1. The number of hydrogen-bond donors (Lipinski definition) is 1. The fourth-order valence-electron chi connectivity index (χ4n) is 1.95. The van der Waals surface area contributed by atoms with Crippen molar-refractivity contribution in [1.82, 2.24) is 9.38 Å². The predicted molar refractivity (Wildman–Crippen MR) is 76.6 cm³/mol. The third kappa shape index (κ3) is 2.66. The predicted octanol–water partition coefficient (Wildman–Crippen LogP) is 2.89. The summed E-state index contributed by atoms with van der Waals surface area (Å²) in [7, 11) is 0. The summed E-state index contributed by atoms with van der Waals surface area (Å²) < 4.78 is 1.93. The summed E-state index contributed by atoms with van der Waals surface area (Å²) in [5, 5.41) is 4.85. The van der Waals surface area contributed by atoms with E-state index in [-0.39, 0.29) is 5.91 Å². The summed E-state index contributed by atoms with van der Waals surface area (Å²) in [5.41, 5.74) is 2.74. The van der Waals surface area contributed by atoms with E-state index in [1.165, 1.54) is 0 Å². The van der Waals surface area contributed by atoms with Gasteiger partial charge in [-0.2, -0.15) is 0 Å². The molecule has 4 nitrogen and oxygen atoms in total. The number of anilines is 1. The van der Waals surface area contributed by atoms with E-state index in [9.17, 15) is 4.79 Å². The summed E-state index contributed by atoms with van der Waals surface area (Å²) in [4.78, 5) is 17.2. The van der Waals surface area contributed by atoms with Gasteiger partial charge in [0.2, 0.25) is 5.91 Å². The average molecular weight is 271 g/mol. The molecule has 5 heteroatoms. The number of amides is 1. The standard InChI is InChI=1S/C14H13N3OS/c1-10-3-2-4-11(7-10)15-13(18)8-12-9-17-5-6-19-14(17)16-12/h2-7,9H,8H2,1H3,(H,15,18). The van der Waals surface area contributed by atoms with E-state index in [1.54, 1.807) is 11.3 Å². The Labute approximate surface area is 114 Å². The van der Waals surface area contributed by atoms with Gasteiger partial charge in [-0.1, -0.05) is 12.1 Å². The summed E-state index contributed by atoms with van der Waals surface area (Å²) in [6.45, 7) is 2.00. The summed E-state index contributed by atoms with van der Waals surface area (Å²) >= 11 is 1.56. The van der Waals surface area contributed by atoms with Crippen LogP contribution in [0, 0.1) is 6.92 Å². The maximum atomic E-state index is 11.9.